The van der Waals surface area contributed by atoms with Crippen molar-refractivity contribution in [3.63, 3.8) is 0 Å². The molecule has 0 unspecified atom stereocenters. The predicted molar refractivity (Wildman–Crippen MR) is 113 cm³/mol. The maximum Gasteiger partial charge on any atom is 0.291 e. The van der Waals surface area contributed by atoms with Crippen molar-refractivity contribution in [3.05, 3.63) is 79.3 Å². The molecule has 0 spiro atoms. The van der Waals surface area contributed by atoms with Crippen LogP contribution in [-0.4, -0.2) is 11.8 Å². The molecule has 2 aromatic carbocycles. The van der Waals surface area contributed by atoms with Crippen molar-refractivity contribution < 1.29 is 14.0 Å². The third-order valence-corrected chi connectivity index (χ3v) is 4.91. The summed E-state index contributed by atoms with van der Waals surface area (Å²) in [6, 6.07) is 15.9. The fourth-order valence-corrected chi connectivity index (χ4v) is 3.22. The van der Waals surface area contributed by atoms with E-state index in [2.05, 4.69) is 55.8 Å². The van der Waals surface area contributed by atoms with Crippen LogP contribution in [0.4, 0.5) is 11.4 Å². The van der Waals surface area contributed by atoms with Gasteiger partial charge in [0.15, 0.2) is 5.76 Å². The zero-order chi connectivity index (χ0) is 17.8. The Balaban J connectivity index is 1.74. The lowest BCUT2D eigenvalue weighted by molar-refractivity contribution is 0.0995. The lowest BCUT2D eigenvalue weighted by atomic mass is 10.2. The van der Waals surface area contributed by atoms with Gasteiger partial charge >= 0.3 is 0 Å². The van der Waals surface area contributed by atoms with Crippen molar-refractivity contribution in [2.75, 3.05) is 10.6 Å². The van der Waals surface area contributed by atoms with E-state index in [0.717, 1.165) is 7.14 Å². The van der Waals surface area contributed by atoms with E-state index >= 15 is 0 Å². The number of carbonyl (C=O) groups is 2. The van der Waals surface area contributed by atoms with Gasteiger partial charge in [0.2, 0.25) is 0 Å². The van der Waals surface area contributed by atoms with Gasteiger partial charge in [-0.05, 0) is 93.7 Å². The number of amides is 2. The Kier molecular flexibility index (Phi) is 5.74. The normalized spacial score (nSPS) is 10.3. The Morgan fingerprint density at radius 2 is 1.56 bits per heavy atom. The van der Waals surface area contributed by atoms with Gasteiger partial charge in [0.05, 0.1) is 11.8 Å². The summed E-state index contributed by atoms with van der Waals surface area (Å²) in [7, 11) is 0. The lowest BCUT2D eigenvalue weighted by Crippen LogP contribution is -2.14. The smallest absolute Gasteiger partial charge is 0.291 e. The highest BCUT2D eigenvalue weighted by molar-refractivity contribution is 14.1. The standard InChI is InChI=1S/C18H12I2N2O3/c19-11-6-7-15(20)14(9-11)17(23)21-12-3-1-4-13(10-12)22-18(24)16-5-2-8-25-16/h1-10H,(H,21,23)(H,22,24). The van der Waals surface area contributed by atoms with Crippen LogP contribution in [0.25, 0.3) is 0 Å². The first-order chi connectivity index (χ1) is 12.0. The van der Waals surface area contributed by atoms with Gasteiger partial charge in [-0.2, -0.15) is 0 Å². The summed E-state index contributed by atoms with van der Waals surface area (Å²) < 4.78 is 6.92. The highest BCUT2D eigenvalue weighted by atomic mass is 127. The first-order valence-corrected chi connectivity index (χ1v) is 9.40. The van der Waals surface area contributed by atoms with Gasteiger partial charge in [0.1, 0.15) is 0 Å². The minimum Gasteiger partial charge on any atom is -0.459 e. The molecule has 0 aliphatic carbocycles. The molecule has 2 amide bonds. The molecule has 0 fully saturated rings. The molecule has 0 saturated heterocycles. The molecule has 0 radical (unpaired) electrons. The van der Waals surface area contributed by atoms with Crippen LogP contribution in [-0.2, 0) is 0 Å². The van der Waals surface area contributed by atoms with Gasteiger partial charge in [-0.25, -0.2) is 0 Å². The quantitative estimate of drug-likeness (QED) is 0.444. The average Bonchev–Trinajstić information content (AvgIpc) is 3.12. The third-order valence-electron chi connectivity index (χ3n) is 3.30. The molecule has 3 aromatic rings. The minimum absolute atomic E-state index is 0.197. The second kappa shape index (κ2) is 8.00. The molecule has 0 aliphatic rings. The summed E-state index contributed by atoms with van der Waals surface area (Å²) >= 11 is 4.30. The molecule has 126 valence electrons. The summed E-state index contributed by atoms with van der Waals surface area (Å²) in [4.78, 5) is 24.5. The Labute approximate surface area is 171 Å². The van der Waals surface area contributed by atoms with E-state index in [0.29, 0.717) is 16.9 Å². The van der Waals surface area contributed by atoms with Crippen molar-refractivity contribution in [1.82, 2.24) is 0 Å². The summed E-state index contributed by atoms with van der Waals surface area (Å²) in [6.07, 6.45) is 1.44. The van der Waals surface area contributed by atoms with E-state index in [-0.39, 0.29) is 17.6 Å². The molecule has 3 rings (SSSR count). The number of carbonyl (C=O) groups excluding carboxylic acids is 2. The zero-order valence-corrected chi connectivity index (χ0v) is 17.1. The van der Waals surface area contributed by atoms with Crippen LogP contribution in [0, 0.1) is 7.14 Å². The number of anilines is 2. The van der Waals surface area contributed by atoms with Gasteiger partial charge in [0, 0.05) is 18.5 Å². The molecule has 1 heterocycles. The molecule has 0 bridgehead atoms. The van der Waals surface area contributed by atoms with Crippen molar-refractivity contribution in [1.29, 1.82) is 0 Å². The summed E-state index contributed by atoms with van der Waals surface area (Å²) in [5.74, 6) is -0.319. The zero-order valence-electron chi connectivity index (χ0n) is 12.8. The summed E-state index contributed by atoms with van der Waals surface area (Å²) in [5, 5.41) is 5.58. The summed E-state index contributed by atoms with van der Waals surface area (Å²) in [6.45, 7) is 0. The van der Waals surface area contributed by atoms with E-state index in [1.807, 2.05) is 18.2 Å². The molecular weight excluding hydrogens is 546 g/mol. The van der Waals surface area contributed by atoms with Crippen molar-refractivity contribution in [2.45, 2.75) is 0 Å². The number of furan rings is 1. The monoisotopic (exact) mass is 558 g/mol. The molecule has 1 aromatic heterocycles. The Morgan fingerprint density at radius 1 is 0.840 bits per heavy atom. The largest absolute Gasteiger partial charge is 0.459 e. The highest BCUT2D eigenvalue weighted by Gasteiger charge is 2.12. The second-order valence-electron chi connectivity index (χ2n) is 5.09. The van der Waals surface area contributed by atoms with Crippen LogP contribution in [0.15, 0.2) is 65.3 Å². The fraction of sp³-hybridized carbons (Fsp3) is 0. The first kappa shape index (κ1) is 17.9. The fourth-order valence-electron chi connectivity index (χ4n) is 2.15. The minimum atomic E-state index is -0.347. The number of nitrogens with one attached hydrogen (secondary N) is 2. The highest BCUT2D eigenvalue weighted by Crippen LogP contribution is 2.20. The van der Waals surface area contributed by atoms with Crippen molar-refractivity contribution >= 4 is 68.4 Å². The van der Waals surface area contributed by atoms with Crippen LogP contribution in [0.2, 0.25) is 0 Å². The van der Waals surface area contributed by atoms with E-state index < -0.39 is 0 Å². The maximum atomic E-state index is 12.5. The van der Waals surface area contributed by atoms with E-state index in [1.54, 1.807) is 36.4 Å². The topological polar surface area (TPSA) is 71.3 Å². The molecule has 2 N–H and O–H groups in total. The second-order valence-corrected chi connectivity index (χ2v) is 7.50. The number of halogens is 2. The Bertz CT molecular complexity index is 924. The van der Waals surface area contributed by atoms with Crippen LogP contribution in [0.3, 0.4) is 0 Å². The third kappa shape index (κ3) is 4.60. The lowest BCUT2D eigenvalue weighted by Gasteiger charge is -2.09. The average molecular weight is 558 g/mol. The van der Waals surface area contributed by atoms with Gasteiger partial charge in [0.25, 0.3) is 11.8 Å². The van der Waals surface area contributed by atoms with E-state index in [9.17, 15) is 9.59 Å². The number of rotatable bonds is 4. The summed E-state index contributed by atoms with van der Waals surface area (Å²) in [5.41, 5.74) is 1.77. The van der Waals surface area contributed by atoms with E-state index in [1.165, 1.54) is 6.26 Å². The first-order valence-electron chi connectivity index (χ1n) is 7.24. The molecule has 5 nitrogen and oxygen atoms in total. The number of benzene rings is 2. The van der Waals surface area contributed by atoms with Gasteiger partial charge in [-0.1, -0.05) is 6.07 Å². The van der Waals surface area contributed by atoms with E-state index in [4.69, 9.17) is 4.42 Å². The van der Waals surface area contributed by atoms with Crippen LogP contribution >= 0.6 is 45.2 Å². The van der Waals surface area contributed by atoms with Crippen molar-refractivity contribution in [2.24, 2.45) is 0 Å². The molecule has 0 atom stereocenters. The molecule has 7 heteroatoms. The number of hydrogen-bond donors (Lipinski definition) is 2. The molecular formula is C18H12I2N2O3. The number of hydrogen-bond acceptors (Lipinski definition) is 3. The van der Waals surface area contributed by atoms with Crippen LogP contribution in [0.1, 0.15) is 20.9 Å². The van der Waals surface area contributed by atoms with Crippen LogP contribution < -0.4 is 10.6 Å². The Morgan fingerprint density at radius 3 is 2.24 bits per heavy atom. The molecule has 0 saturated carbocycles. The van der Waals surface area contributed by atoms with Gasteiger partial charge < -0.3 is 15.1 Å². The maximum absolute atomic E-state index is 12.5. The van der Waals surface area contributed by atoms with Crippen LogP contribution in [0.5, 0.6) is 0 Å². The van der Waals surface area contributed by atoms with Gasteiger partial charge in [-0.3, -0.25) is 9.59 Å². The molecule has 0 aliphatic heterocycles. The molecule has 25 heavy (non-hydrogen) atoms. The van der Waals surface area contributed by atoms with Gasteiger partial charge in [-0.15, -0.1) is 0 Å². The predicted octanol–water partition coefficient (Wildman–Crippen LogP) is 4.99. The van der Waals surface area contributed by atoms with Crippen molar-refractivity contribution in [3.8, 4) is 0 Å². The SMILES string of the molecule is O=C(Nc1cccc(NC(=O)c2cc(I)ccc2I)c1)c1ccco1. The Hall–Kier alpha value is -1.88.